The van der Waals surface area contributed by atoms with Crippen molar-refractivity contribution < 1.29 is 4.39 Å². The second-order valence-electron chi connectivity index (χ2n) is 5.36. The maximum Gasteiger partial charge on any atom is 0.124 e. The Morgan fingerprint density at radius 3 is 2.71 bits per heavy atom. The van der Waals surface area contributed by atoms with E-state index < -0.39 is 0 Å². The highest BCUT2D eigenvalue weighted by atomic mass is 32.1. The third-order valence-electron chi connectivity index (χ3n) is 3.24. The summed E-state index contributed by atoms with van der Waals surface area (Å²) in [4.78, 5) is 2.48. The molecule has 0 aromatic heterocycles. The molecule has 1 aliphatic heterocycles. The predicted molar refractivity (Wildman–Crippen MR) is 72.9 cm³/mol. The first kappa shape index (κ1) is 12.3. The van der Waals surface area contributed by atoms with Crippen LogP contribution in [0.15, 0.2) is 18.2 Å². The van der Waals surface area contributed by atoms with Crippen molar-refractivity contribution in [3.05, 3.63) is 29.6 Å². The number of anilines is 1. The van der Waals surface area contributed by atoms with E-state index in [1.807, 2.05) is 0 Å². The van der Waals surface area contributed by atoms with Crippen molar-refractivity contribution in [3.8, 4) is 0 Å². The summed E-state index contributed by atoms with van der Waals surface area (Å²) in [6, 6.07) is 4.65. The first-order valence-corrected chi connectivity index (χ1v) is 6.14. The molecule has 0 bridgehead atoms. The Morgan fingerprint density at radius 1 is 1.47 bits per heavy atom. The van der Waals surface area contributed by atoms with Crippen molar-refractivity contribution in [2.75, 3.05) is 18.0 Å². The molecule has 0 amide bonds. The first-order valence-electron chi connectivity index (χ1n) is 5.73. The van der Waals surface area contributed by atoms with Crippen LogP contribution < -0.4 is 10.6 Å². The van der Waals surface area contributed by atoms with Gasteiger partial charge in [-0.25, -0.2) is 4.39 Å². The predicted octanol–water partition coefficient (Wildman–Crippen LogP) is 2.70. The summed E-state index contributed by atoms with van der Waals surface area (Å²) in [5.74, 6) is -0.296. The molecule has 4 heteroatoms. The molecule has 1 aromatic carbocycles. The molecule has 1 heterocycles. The van der Waals surface area contributed by atoms with E-state index in [2.05, 4.69) is 18.7 Å². The summed E-state index contributed by atoms with van der Waals surface area (Å²) in [6.07, 6.45) is 1.13. The molecular formula is C13H17FN2S. The highest BCUT2D eigenvalue weighted by molar-refractivity contribution is 7.80. The van der Waals surface area contributed by atoms with Crippen molar-refractivity contribution in [3.63, 3.8) is 0 Å². The number of hydrogen-bond donors (Lipinski definition) is 1. The molecule has 2 rings (SSSR count). The summed E-state index contributed by atoms with van der Waals surface area (Å²) in [5, 5.41) is 0. The van der Waals surface area contributed by atoms with Gasteiger partial charge in [-0.15, -0.1) is 0 Å². The third kappa shape index (κ3) is 2.57. The molecule has 1 aromatic rings. The Balaban J connectivity index is 2.36. The lowest BCUT2D eigenvalue weighted by atomic mass is 9.93. The number of nitrogens with zero attached hydrogens (tertiary/aromatic N) is 1. The van der Waals surface area contributed by atoms with Gasteiger partial charge >= 0.3 is 0 Å². The van der Waals surface area contributed by atoms with E-state index in [0.717, 1.165) is 25.2 Å². The minimum Gasteiger partial charge on any atom is -0.389 e. The van der Waals surface area contributed by atoms with E-state index in [1.54, 1.807) is 6.07 Å². The largest absolute Gasteiger partial charge is 0.389 e. The molecule has 2 nitrogen and oxygen atoms in total. The highest BCUT2D eigenvalue weighted by Gasteiger charge is 2.30. The Bertz CT molecular complexity index is 457. The number of benzene rings is 1. The number of hydrogen-bond acceptors (Lipinski definition) is 2. The monoisotopic (exact) mass is 252 g/mol. The Kier molecular flexibility index (Phi) is 3.08. The molecule has 0 spiro atoms. The summed E-state index contributed by atoms with van der Waals surface area (Å²) in [5.41, 5.74) is 7.54. The molecular weight excluding hydrogens is 235 g/mol. The van der Waals surface area contributed by atoms with Crippen molar-refractivity contribution in [2.45, 2.75) is 20.3 Å². The van der Waals surface area contributed by atoms with E-state index in [4.69, 9.17) is 18.0 Å². The van der Waals surface area contributed by atoms with Crippen LogP contribution >= 0.6 is 12.2 Å². The van der Waals surface area contributed by atoms with Gasteiger partial charge < -0.3 is 10.6 Å². The number of rotatable bonds is 2. The van der Waals surface area contributed by atoms with Gasteiger partial charge in [0, 0.05) is 24.3 Å². The van der Waals surface area contributed by atoms with Gasteiger partial charge in [-0.3, -0.25) is 0 Å². The van der Waals surface area contributed by atoms with E-state index >= 15 is 0 Å². The lowest BCUT2D eigenvalue weighted by molar-refractivity contribution is 0.418. The smallest absolute Gasteiger partial charge is 0.124 e. The average molecular weight is 252 g/mol. The fourth-order valence-corrected chi connectivity index (χ4v) is 2.46. The zero-order valence-corrected chi connectivity index (χ0v) is 11.0. The van der Waals surface area contributed by atoms with Crippen LogP contribution in [0.2, 0.25) is 0 Å². The average Bonchev–Trinajstić information content (AvgIpc) is 2.58. The molecule has 17 heavy (non-hydrogen) atoms. The topological polar surface area (TPSA) is 29.3 Å². The molecule has 0 unspecified atom stereocenters. The number of thiocarbonyl (C=S) groups is 1. The minimum absolute atomic E-state index is 0.254. The van der Waals surface area contributed by atoms with Crippen molar-refractivity contribution >= 4 is 22.9 Å². The molecule has 2 N–H and O–H groups in total. The Labute approximate surface area is 107 Å². The third-order valence-corrected chi connectivity index (χ3v) is 3.46. The van der Waals surface area contributed by atoms with E-state index in [-0.39, 0.29) is 10.8 Å². The summed E-state index contributed by atoms with van der Waals surface area (Å²) in [6.45, 7) is 6.39. The number of halogens is 1. The van der Waals surface area contributed by atoms with Crippen molar-refractivity contribution in [1.29, 1.82) is 0 Å². The fourth-order valence-electron chi connectivity index (χ4n) is 2.30. The van der Waals surface area contributed by atoms with Crippen LogP contribution in [-0.4, -0.2) is 18.1 Å². The summed E-state index contributed by atoms with van der Waals surface area (Å²) < 4.78 is 13.2. The van der Waals surface area contributed by atoms with E-state index in [0.29, 0.717) is 11.0 Å². The molecule has 0 saturated carbocycles. The van der Waals surface area contributed by atoms with Crippen LogP contribution in [0.25, 0.3) is 0 Å². The van der Waals surface area contributed by atoms with Gasteiger partial charge in [0.1, 0.15) is 10.8 Å². The SMILES string of the molecule is CC1(C)CCN(c2ccc(F)cc2C(N)=S)C1. The molecule has 0 radical (unpaired) electrons. The molecule has 0 aliphatic carbocycles. The van der Waals surface area contributed by atoms with Gasteiger partial charge in [0.2, 0.25) is 0 Å². The molecule has 92 valence electrons. The fraction of sp³-hybridized carbons (Fsp3) is 0.462. The Hall–Kier alpha value is -1.16. The van der Waals surface area contributed by atoms with Gasteiger partial charge in [0.05, 0.1) is 0 Å². The van der Waals surface area contributed by atoms with Crippen LogP contribution in [0.1, 0.15) is 25.8 Å². The second kappa shape index (κ2) is 4.26. The van der Waals surface area contributed by atoms with Crippen LogP contribution in [0.5, 0.6) is 0 Å². The maximum atomic E-state index is 13.2. The zero-order chi connectivity index (χ0) is 12.6. The highest BCUT2D eigenvalue weighted by Crippen LogP contribution is 2.34. The van der Waals surface area contributed by atoms with Crippen LogP contribution in [0.4, 0.5) is 10.1 Å². The standard InChI is InChI=1S/C13H17FN2S/c1-13(2)5-6-16(8-13)11-4-3-9(14)7-10(11)12(15)17/h3-4,7H,5-6,8H2,1-2H3,(H2,15,17). The molecule has 1 saturated heterocycles. The van der Waals surface area contributed by atoms with Crippen LogP contribution in [-0.2, 0) is 0 Å². The van der Waals surface area contributed by atoms with Gasteiger partial charge in [0.15, 0.2) is 0 Å². The first-order chi connectivity index (χ1) is 7.89. The van der Waals surface area contributed by atoms with Crippen LogP contribution in [0.3, 0.4) is 0 Å². The Morgan fingerprint density at radius 2 is 2.18 bits per heavy atom. The van der Waals surface area contributed by atoms with Gasteiger partial charge in [-0.2, -0.15) is 0 Å². The van der Waals surface area contributed by atoms with Gasteiger partial charge in [-0.1, -0.05) is 26.1 Å². The van der Waals surface area contributed by atoms with E-state index in [1.165, 1.54) is 12.1 Å². The quantitative estimate of drug-likeness (QED) is 0.821. The zero-order valence-electron chi connectivity index (χ0n) is 10.2. The molecule has 1 aliphatic rings. The van der Waals surface area contributed by atoms with E-state index in [9.17, 15) is 4.39 Å². The maximum absolute atomic E-state index is 13.2. The van der Waals surface area contributed by atoms with Crippen LogP contribution in [0, 0.1) is 11.2 Å². The lowest BCUT2D eigenvalue weighted by Crippen LogP contribution is -2.25. The normalized spacial score (nSPS) is 18.4. The molecule has 0 atom stereocenters. The van der Waals surface area contributed by atoms with Gasteiger partial charge in [-0.05, 0) is 30.0 Å². The summed E-state index contributed by atoms with van der Waals surface area (Å²) in [7, 11) is 0. The van der Waals surface area contributed by atoms with Gasteiger partial charge in [0.25, 0.3) is 0 Å². The second-order valence-corrected chi connectivity index (χ2v) is 5.80. The van der Waals surface area contributed by atoms with Crippen molar-refractivity contribution in [1.82, 2.24) is 0 Å². The lowest BCUT2D eigenvalue weighted by Gasteiger charge is -2.23. The minimum atomic E-state index is -0.296. The summed E-state index contributed by atoms with van der Waals surface area (Å²) >= 11 is 4.99. The molecule has 1 fully saturated rings. The van der Waals surface area contributed by atoms with Crippen molar-refractivity contribution in [2.24, 2.45) is 11.1 Å². The number of nitrogens with two attached hydrogens (primary N) is 1.